The topological polar surface area (TPSA) is 39.2 Å². The first-order chi connectivity index (χ1) is 10.7. The van der Waals surface area contributed by atoms with Gasteiger partial charge in [-0.3, -0.25) is 0 Å². The van der Waals surface area contributed by atoms with E-state index in [4.69, 9.17) is 4.74 Å². The molecule has 3 aromatic rings. The van der Waals surface area contributed by atoms with Crippen molar-refractivity contribution in [1.82, 2.24) is 4.98 Å². The molecule has 0 saturated heterocycles. The second-order valence-corrected chi connectivity index (χ2v) is 6.63. The van der Waals surface area contributed by atoms with Crippen LogP contribution in [0.3, 0.4) is 0 Å². The number of hydrogen-bond donors (Lipinski definition) is 1. The summed E-state index contributed by atoms with van der Waals surface area (Å²) in [5.74, 6) is -0.409. The number of carbonyl (C=O) groups excluding carboxylic acids is 1. The molecule has 0 aliphatic carbocycles. The third-order valence-electron chi connectivity index (χ3n) is 3.34. The summed E-state index contributed by atoms with van der Waals surface area (Å²) in [6, 6.07) is 14.5. The van der Waals surface area contributed by atoms with Crippen molar-refractivity contribution < 1.29 is 9.53 Å². The number of rotatable bonds is 4. The summed E-state index contributed by atoms with van der Waals surface area (Å²) in [5, 5.41) is 3.27. The van der Waals surface area contributed by atoms with Crippen LogP contribution in [-0.4, -0.2) is 17.6 Å². The van der Waals surface area contributed by atoms with Gasteiger partial charge in [0.05, 0.1) is 15.8 Å². The predicted octanol–water partition coefficient (Wildman–Crippen LogP) is 4.35. The van der Waals surface area contributed by atoms with Gasteiger partial charge >= 0.3 is 5.97 Å². The minimum absolute atomic E-state index is 0.311. The van der Waals surface area contributed by atoms with Gasteiger partial charge in [0.2, 0.25) is 0 Å². The molecule has 2 aromatic carbocycles. The first-order valence-corrected chi connectivity index (χ1v) is 8.28. The summed E-state index contributed by atoms with van der Waals surface area (Å²) in [7, 11) is 0. The fourth-order valence-corrected chi connectivity index (χ4v) is 3.64. The second-order valence-electron chi connectivity index (χ2n) is 4.80. The molecule has 0 saturated carbocycles. The van der Waals surface area contributed by atoms with Gasteiger partial charge in [-0.1, -0.05) is 42.5 Å². The van der Waals surface area contributed by atoms with E-state index >= 15 is 0 Å². The third-order valence-corrected chi connectivity index (χ3v) is 4.69. The Morgan fingerprint density at radius 2 is 2.00 bits per heavy atom. The van der Waals surface area contributed by atoms with Crippen LogP contribution in [0.2, 0.25) is 0 Å². The van der Waals surface area contributed by atoms with Gasteiger partial charge < -0.3 is 4.74 Å². The molecule has 0 amide bonds. The van der Waals surface area contributed by atoms with Crippen LogP contribution in [0.25, 0.3) is 10.8 Å². The van der Waals surface area contributed by atoms with E-state index in [9.17, 15) is 4.79 Å². The molecule has 0 aliphatic heterocycles. The number of hydrogen-bond acceptors (Lipinski definition) is 5. The molecule has 22 heavy (non-hydrogen) atoms. The van der Waals surface area contributed by atoms with E-state index < -0.39 is 5.97 Å². The Morgan fingerprint density at radius 1 is 1.23 bits per heavy atom. The molecule has 5 heteroatoms. The Labute approximate surface area is 138 Å². The van der Waals surface area contributed by atoms with E-state index in [0.717, 1.165) is 5.01 Å². The zero-order chi connectivity index (χ0) is 15.5. The van der Waals surface area contributed by atoms with Gasteiger partial charge in [0, 0.05) is 6.42 Å². The highest BCUT2D eigenvalue weighted by Crippen LogP contribution is 2.27. The van der Waals surface area contributed by atoms with Gasteiger partial charge in [-0.25, -0.2) is 9.78 Å². The van der Waals surface area contributed by atoms with E-state index in [1.54, 1.807) is 6.92 Å². The largest absolute Gasteiger partial charge is 0.461 e. The first-order valence-electron chi connectivity index (χ1n) is 7.01. The quantitative estimate of drug-likeness (QED) is 0.571. The number of aromatic nitrogens is 1. The Hall–Kier alpha value is -1.85. The van der Waals surface area contributed by atoms with Crippen LogP contribution in [0.1, 0.15) is 28.0 Å². The smallest absolute Gasteiger partial charge is 0.358 e. The van der Waals surface area contributed by atoms with E-state index in [1.165, 1.54) is 27.7 Å². The van der Waals surface area contributed by atoms with Gasteiger partial charge in [0.1, 0.15) is 0 Å². The van der Waals surface area contributed by atoms with Crippen molar-refractivity contribution in [2.45, 2.75) is 17.6 Å². The molecule has 0 unspecified atom stereocenters. The maximum Gasteiger partial charge on any atom is 0.358 e. The number of benzene rings is 2. The molecule has 3 rings (SSSR count). The monoisotopic (exact) mass is 329 g/mol. The first kappa shape index (κ1) is 15.1. The van der Waals surface area contributed by atoms with E-state index in [-0.39, 0.29) is 0 Å². The molecule has 1 aromatic heterocycles. The molecule has 3 nitrogen and oxygen atoms in total. The van der Waals surface area contributed by atoms with Crippen LogP contribution in [0.15, 0.2) is 46.7 Å². The van der Waals surface area contributed by atoms with Crippen LogP contribution < -0.4 is 0 Å². The zero-order valence-corrected chi connectivity index (χ0v) is 13.8. The Balaban J connectivity index is 1.93. The van der Waals surface area contributed by atoms with Gasteiger partial charge in [-0.2, -0.15) is 0 Å². The van der Waals surface area contributed by atoms with Crippen molar-refractivity contribution in [3.63, 3.8) is 0 Å². The summed E-state index contributed by atoms with van der Waals surface area (Å²) < 4.78 is 5.60. The van der Waals surface area contributed by atoms with Crippen molar-refractivity contribution in [1.29, 1.82) is 0 Å². The Bertz CT molecular complexity index is 821. The standard InChI is InChI=1S/C17H15NO2S2/c1-2-20-16(19)15-17(21)22-14(18-15)10-12-8-5-7-11-6-3-4-9-13(11)12/h3-9,21H,2,10H2,1H3. The van der Waals surface area contributed by atoms with Crippen molar-refractivity contribution >= 4 is 40.7 Å². The average molecular weight is 329 g/mol. The summed E-state index contributed by atoms with van der Waals surface area (Å²) >= 11 is 5.77. The lowest BCUT2D eigenvalue weighted by Crippen LogP contribution is -2.06. The fraction of sp³-hybridized carbons (Fsp3) is 0.176. The van der Waals surface area contributed by atoms with Gasteiger partial charge in [-0.15, -0.1) is 24.0 Å². The number of ether oxygens (including phenoxy) is 1. The predicted molar refractivity (Wildman–Crippen MR) is 92.1 cm³/mol. The second kappa shape index (κ2) is 6.50. The zero-order valence-electron chi connectivity index (χ0n) is 12.1. The third kappa shape index (κ3) is 3.00. The minimum atomic E-state index is -0.409. The summed E-state index contributed by atoms with van der Waals surface area (Å²) in [5.41, 5.74) is 1.50. The lowest BCUT2D eigenvalue weighted by molar-refractivity contribution is 0.0516. The highest BCUT2D eigenvalue weighted by molar-refractivity contribution is 7.83. The number of thiol groups is 1. The summed E-state index contributed by atoms with van der Waals surface area (Å²) in [4.78, 5) is 16.2. The number of esters is 1. The SMILES string of the molecule is CCOC(=O)c1nc(Cc2cccc3ccccc23)sc1S. The lowest BCUT2D eigenvalue weighted by atomic mass is 10.0. The minimum Gasteiger partial charge on any atom is -0.461 e. The number of thiazole rings is 1. The molecular formula is C17H15NO2S2. The number of carbonyl (C=O) groups is 1. The molecule has 0 spiro atoms. The Morgan fingerprint density at radius 3 is 2.82 bits per heavy atom. The highest BCUT2D eigenvalue weighted by Gasteiger charge is 2.17. The van der Waals surface area contributed by atoms with Gasteiger partial charge in [0.15, 0.2) is 5.69 Å². The van der Waals surface area contributed by atoms with Crippen LogP contribution in [0.5, 0.6) is 0 Å². The molecular weight excluding hydrogens is 314 g/mol. The van der Waals surface area contributed by atoms with Crippen molar-refractivity contribution in [2.75, 3.05) is 6.61 Å². The average Bonchev–Trinajstić information content (AvgIpc) is 2.89. The Kier molecular flexibility index (Phi) is 4.45. The molecule has 0 aliphatic rings. The fourth-order valence-electron chi connectivity index (χ4n) is 2.37. The van der Waals surface area contributed by atoms with Crippen molar-refractivity contribution in [3.8, 4) is 0 Å². The van der Waals surface area contributed by atoms with Crippen LogP contribution >= 0.6 is 24.0 Å². The maximum absolute atomic E-state index is 11.8. The molecule has 0 atom stereocenters. The summed E-state index contributed by atoms with van der Waals surface area (Å²) in [6.07, 6.45) is 0.680. The van der Waals surface area contributed by atoms with E-state index in [0.29, 0.717) is 22.9 Å². The van der Waals surface area contributed by atoms with E-state index in [2.05, 4.69) is 41.9 Å². The molecule has 0 N–H and O–H groups in total. The molecule has 112 valence electrons. The maximum atomic E-state index is 11.8. The molecule has 0 fully saturated rings. The number of nitrogens with zero attached hydrogens (tertiary/aromatic N) is 1. The molecule has 1 heterocycles. The van der Waals surface area contributed by atoms with Crippen molar-refractivity contribution in [3.05, 3.63) is 58.7 Å². The van der Waals surface area contributed by atoms with Gasteiger partial charge in [0.25, 0.3) is 0 Å². The summed E-state index contributed by atoms with van der Waals surface area (Å²) in [6.45, 7) is 2.11. The van der Waals surface area contributed by atoms with Crippen LogP contribution in [0.4, 0.5) is 0 Å². The van der Waals surface area contributed by atoms with Crippen LogP contribution in [-0.2, 0) is 11.2 Å². The molecule has 0 bridgehead atoms. The van der Waals surface area contributed by atoms with E-state index in [1.807, 2.05) is 18.2 Å². The number of fused-ring (bicyclic) bond motifs is 1. The normalized spacial score (nSPS) is 10.8. The highest BCUT2D eigenvalue weighted by atomic mass is 32.2. The molecule has 0 radical (unpaired) electrons. The van der Waals surface area contributed by atoms with Gasteiger partial charge in [-0.05, 0) is 23.3 Å². The van der Waals surface area contributed by atoms with Crippen molar-refractivity contribution in [2.24, 2.45) is 0 Å². The van der Waals surface area contributed by atoms with Crippen LogP contribution in [0, 0.1) is 0 Å². The lowest BCUT2D eigenvalue weighted by Gasteiger charge is -2.04.